The highest BCUT2D eigenvalue weighted by atomic mass is 79.9. The van der Waals surface area contributed by atoms with Crippen LogP contribution in [0.2, 0.25) is 0 Å². The van der Waals surface area contributed by atoms with E-state index in [1.807, 2.05) is 18.2 Å². The van der Waals surface area contributed by atoms with Crippen LogP contribution in [0.25, 0.3) is 0 Å². The molecule has 132 valence electrons. The van der Waals surface area contributed by atoms with Crippen LogP contribution in [0.4, 0.5) is 4.39 Å². The number of nitrogens with zero attached hydrogens (tertiary/aromatic N) is 1. The molecule has 0 unspecified atom stereocenters. The fourth-order valence-corrected chi connectivity index (χ4v) is 2.52. The van der Waals surface area contributed by atoms with Crippen molar-refractivity contribution >= 4 is 28.1 Å². The number of benzene rings is 2. The van der Waals surface area contributed by atoms with Crippen LogP contribution < -0.4 is 10.2 Å². The van der Waals surface area contributed by atoms with Gasteiger partial charge in [0.2, 0.25) is 0 Å². The van der Waals surface area contributed by atoms with E-state index in [0.717, 1.165) is 10.0 Å². The second kappa shape index (κ2) is 8.25. The lowest BCUT2D eigenvalue weighted by molar-refractivity contribution is -0.123. The molecule has 6 heteroatoms. The van der Waals surface area contributed by atoms with Crippen LogP contribution in [0.1, 0.15) is 31.9 Å². The lowest BCUT2D eigenvalue weighted by Gasteiger charge is -2.23. The molecule has 0 atom stereocenters. The van der Waals surface area contributed by atoms with Crippen LogP contribution in [0, 0.1) is 5.82 Å². The van der Waals surface area contributed by atoms with Crippen molar-refractivity contribution in [2.24, 2.45) is 5.10 Å². The molecule has 2 aromatic carbocycles. The van der Waals surface area contributed by atoms with Crippen molar-refractivity contribution in [3.05, 3.63) is 63.9 Å². The maximum absolute atomic E-state index is 13.1. The molecule has 0 spiro atoms. The van der Waals surface area contributed by atoms with Crippen molar-refractivity contribution in [1.82, 2.24) is 5.43 Å². The van der Waals surface area contributed by atoms with E-state index in [1.54, 1.807) is 12.1 Å². The van der Waals surface area contributed by atoms with Gasteiger partial charge in [0, 0.05) is 10.0 Å². The Balaban J connectivity index is 1.94. The minimum absolute atomic E-state index is 0.120. The maximum Gasteiger partial charge on any atom is 0.277 e. The van der Waals surface area contributed by atoms with Crippen LogP contribution in [0.3, 0.4) is 0 Å². The highest BCUT2D eigenvalue weighted by molar-refractivity contribution is 9.10. The third kappa shape index (κ3) is 5.98. The Kier molecular flexibility index (Phi) is 6.31. The zero-order valence-electron chi connectivity index (χ0n) is 14.3. The predicted molar refractivity (Wildman–Crippen MR) is 100 cm³/mol. The quantitative estimate of drug-likeness (QED) is 0.590. The summed E-state index contributed by atoms with van der Waals surface area (Å²) in [6, 6.07) is 11.6. The van der Waals surface area contributed by atoms with Gasteiger partial charge in [0.1, 0.15) is 11.6 Å². The molecule has 0 bridgehead atoms. The summed E-state index contributed by atoms with van der Waals surface area (Å²) in [5, 5.41) is 3.80. The number of amides is 1. The van der Waals surface area contributed by atoms with Crippen LogP contribution in [-0.2, 0) is 10.2 Å². The van der Waals surface area contributed by atoms with Gasteiger partial charge in [0.25, 0.3) is 5.91 Å². The molecule has 0 aliphatic heterocycles. The van der Waals surface area contributed by atoms with Crippen molar-refractivity contribution in [2.45, 2.75) is 26.2 Å². The SMILES string of the molecule is CC(C)(C)c1cc(Br)ccc1OCC(=O)N/N=C/c1cccc(F)c1. The Hall–Kier alpha value is -2.21. The van der Waals surface area contributed by atoms with Crippen molar-refractivity contribution in [1.29, 1.82) is 0 Å². The van der Waals surface area contributed by atoms with Gasteiger partial charge in [-0.2, -0.15) is 5.10 Å². The van der Waals surface area contributed by atoms with Gasteiger partial charge < -0.3 is 4.74 Å². The summed E-state index contributed by atoms with van der Waals surface area (Å²) in [6.07, 6.45) is 1.38. The summed E-state index contributed by atoms with van der Waals surface area (Å²) in [6.45, 7) is 6.06. The molecule has 2 aromatic rings. The summed E-state index contributed by atoms with van der Waals surface area (Å²) in [5.41, 5.74) is 3.80. The number of hydrogen-bond donors (Lipinski definition) is 1. The van der Waals surface area contributed by atoms with Gasteiger partial charge in [-0.15, -0.1) is 0 Å². The molecule has 1 amide bonds. The predicted octanol–water partition coefficient (Wildman–Crippen LogP) is 4.41. The van der Waals surface area contributed by atoms with Gasteiger partial charge >= 0.3 is 0 Å². The number of halogens is 2. The Labute approximate surface area is 155 Å². The van der Waals surface area contributed by atoms with E-state index in [0.29, 0.717) is 11.3 Å². The molecule has 0 fully saturated rings. The van der Waals surface area contributed by atoms with E-state index in [2.05, 4.69) is 47.2 Å². The van der Waals surface area contributed by atoms with Gasteiger partial charge in [-0.1, -0.05) is 48.8 Å². The summed E-state index contributed by atoms with van der Waals surface area (Å²) < 4.78 is 19.6. The first-order valence-corrected chi connectivity index (χ1v) is 8.55. The smallest absolute Gasteiger partial charge is 0.277 e. The van der Waals surface area contributed by atoms with Crippen molar-refractivity contribution in [3.8, 4) is 5.75 Å². The molecule has 0 saturated heterocycles. The van der Waals surface area contributed by atoms with E-state index in [4.69, 9.17) is 4.74 Å². The summed E-state index contributed by atoms with van der Waals surface area (Å²) in [7, 11) is 0. The largest absolute Gasteiger partial charge is 0.483 e. The number of rotatable bonds is 5. The second-order valence-corrected chi connectivity index (χ2v) is 7.44. The molecule has 1 N–H and O–H groups in total. The summed E-state index contributed by atoms with van der Waals surface area (Å²) in [4.78, 5) is 11.9. The minimum Gasteiger partial charge on any atom is -0.483 e. The molecule has 0 heterocycles. The van der Waals surface area contributed by atoms with Crippen LogP contribution in [0.15, 0.2) is 52.0 Å². The van der Waals surface area contributed by atoms with Crippen LogP contribution in [0.5, 0.6) is 5.75 Å². The number of carbonyl (C=O) groups excluding carboxylic acids is 1. The second-order valence-electron chi connectivity index (χ2n) is 6.53. The molecule has 0 radical (unpaired) electrons. The molecule has 4 nitrogen and oxygen atoms in total. The molecular formula is C19H20BrFN2O2. The topological polar surface area (TPSA) is 50.7 Å². The molecular weight excluding hydrogens is 387 g/mol. The van der Waals surface area contributed by atoms with Crippen molar-refractivity contribution in [2.75, 3.05) is 6.61 Å². The maximum atomic E-state index is 13.1. The molecule has 2 rings (SSSR count). The first-order chi connectivity index (χ1) is 11.8. The Morgan fingerprint density at radius 3 is 2.72 bits per heavy atom. The first kappa shape index (κ1) is 19.1. The average molecular weight is 407 g/mol. The average Bonchev–Trinajstić information content (AvgIpc) is 2.53. The third-order valence-corrected chi connectivity index (χ3v) is 3.85. The Bertz CT molecular complexity index is 785. The standard InChI is InChI=1S/C19H20BrFN2O2/c1-19(2,3)16-10-14(20)7-8-17(16)25-12-18(24)23-22-11-13-5-4-6-15(21)9-13/h4-11H,12H2,1-3H3,(H,23,24)/b22-11+. The zero-order chi connectivity index (χ0) is 18.4. The van der Waals surface area contributed by atoms with Crippen molar-refractivity contribution in [3.63, 3.8) is 0 Å². The molecule has 0 aliphatic carbocycles. The number of ether oxygens (including phenoxy) is 1. The van der Waals surface area contributed by atoms with Gasteiger partial charge in [0.15, 0.2) is 6.61 Å². The van der Waals surface area contributed by atoms with E-state index in [-0.39, 0.29) is 17.8 Å². The zero-order valence-corrected chi connectivity index (χ0v) is 15.9. The lowest BCUT2D eigenvalue weighted by Crippen LogP contribution is -2.25. The summed E-state index contributed by atoms with van der Waals surface area (Å²) >= 11 is 3.45. The molecule has 0 saturated carbocycles. The van der Waals surface area contributed by atoms with Crippen LogP contribution >= 0.6 is 15.9 Å². The summed E-state index contributed by atoms with van der Waals surface area (Å²) in [5.74, 6) is -0.0982. The van der Waals surface area contributed by atoms with E-state index in [1.165, 1.54) is 18.3 Å². The van der Waals surface area contributed by atoms with Crippen LogP contribution in [-0.4, -0.2) is 18.7 Å². The highest BCUT2D eigenvalue weighted by Gasteiger charge is 2.19. The van der Waals surface area contributed by atoms with E-state index >= 15 is 0 Å². The lowest BCUT2D eigenvalue weighted by atomic mass is 9.86. The minimum atomic E-state index is -0.393. The van der Waals surface area contributed by atoms with Gasteiger partial charge in [-0.3, -0.25) is 4.79 Å². The fraction of sp³-hybridized carbons (Fsp3) is 0.263. The number of carbonyl (C=O) groups is 1. The number of hydrogen-bond acceptors (Lipinski definition) is 3. The van der Waals surface area contributed by atoms with Gasteiger partial charge in [-0.05, 0) is 41.3 Å². The Morgan fingerprint density at radius 1 is 1.28 bits per heavy atom. The molecule has 0 aromatic heterocycles. The monoisotopic (exact) mass is 406 g/mol. The van der Waals surface area contributed by atoms with Gasteiger partial charge in [-0.25, -0.2) is 9.82 Å². The third-order valence-electron chi connectivity index (χ3n) is 3.36. The fourth-order valence-electron chi connectivity index (χ4n) is 2.16. The molecule has 25 heavy (non-hydrogen) atoms. The Morgan fingerprint density at radius 2 is 2.04 bits per heavy atom. The van der Waals surface area contributed by atoms with E-state index in [9.17, 15) is 9.18 Å². The molecule has 0 aliphatic rings. The highest BCUT2D eigenvalue weighted by Crippen LogP contribution is 2.33. The van der Waals surface area contributed by atoms with E-state index < -0.39 is 5.91 Å². The van der Waals surface area contributed by atoms with Gasteiger partial charge in [0.05, 0.1) is 6.21 Å². The number of nitrogens with one attached hydrogen (secondary N) is 1. The number of hydrazone groups is 1. The normalized spacial score (nSPS) is 11.6. The van der Waals surface area contributed by atoms with Crippen molar-refractivity contribution < 1.29 is 13.9 Å². The first-order valence-electron chi connectivity index (χ1n) is 7.76.